The molecule has 0 aliphatic rings. The third-order valence-corrected chi connectivity index (χ3v) is 4.61. The molecule has 0 spiro atoms. The summed E-state index contributed by atoms with van der Waals surface area (Å²) in [5.41, 5.74) is 2.95. The Labute approximate surface area is 128 Å². The lowest BCUT2D eigenvalue weighted by molar-refractivity contribution is 0.575. The molecular formula is C16H18N4S. The van der Waals surface area contributed by atoms with Crippen LogP contribution in [0.1, 0.15) is 28.4 Å². The van der Waals surface area contributed by atoms with Crippen molar-refractivity contribution in [2.45, 2.75) is 26.4 Å². The highest BCUT2D eigenvalue weighted by molar-refractivity contribution is 7.12. The second-order valence-electron chi connectivity index (χ2n) is 5.04. The summed E-state index contributed by atoms with van der Waals surface area (Å²) in [6.07, 6.45) is 0. The first-order valence-electron chi connectivity index (χ1n) is 6.99. The summed E-state index contributed by atoms with van der Waals surface area (Å²) in [5, 5.41) is 14.8. The van der Waals surface area contributed by atoms with E-state index in [0.717, 1.165) is 17.0 Å². The van der Waals surface area contributed by atoms with Crippen molar-refractivity contribution in [2.75, 3.05) is 0 Å². The number of nitrogens with one attached hydrogen (secondary N) is 2. The molecule has 0 bridgehead atoms. The number of hydrogen-bond donors (Lipinski definition) is 2. The van der Waals surface area contributed by atoms with Crippen LogP contribution >= 0.6 is 11.3 Å². The summed E-state index contributed by atoms with van der Waals surface area (Å²) in [6, 6.07) is 14.8. The van der Waals surface area contributed by atoms with Gasteiger partial charge >= 0.3 is 0 Å². The van der Waals surface area contributed by atoms with E-state index in [1.165, 1.54) is 9.75 Å². The van der Waals surface area contributed by atoms with E-state index in [-0.39, 0.29) is 0 Å². The Balaban J connectivity index is 1.70. The van der Waals surface area contributed by atoms with Gasteiger partial charge in [0.2, 0.25) is 0 Å². The van der Waals surface area contributed by atoms with Gasteiger partial charge in [0.05, 0.1) is 0 Å². The van der Waals surface area contributed by atoms with E-state index in [9.17, 15) is 0 Å². The number of aromatic amines is 1. The van der Waals surface area contributed by atoms with E-state index in [1.54, 1.807) is 0 Å². The number of H-pyrrole nitrogens is 1. The predicted molar refractivity (Wildman–Crippen MR) is 86.1 cm³/mol. The van der Waals surface area contributed by atoms with Gasteiger partial charge in [-0.3, -0.25) is 0 Å². The van der Waals surface area contributed by atoms with Crippen molar-refractivity contribution in [2.24, 2.45) is 0 Å². The number of aryl methyl sites for hydroxylation is 1. The largest absolute Gasteiger partial charge is 0.304 e. The fourth-order valence-corrected chi connectivity index (χ4v) is 3.14. The molecule has 21 heavy (non-hydrogen) atoms. The molecule has 3 rings (SSSR count). The van der Waals surface area contributed by atoms with Crippen molar-refractivity contribution in [1.82, 2.24) is 20.7 Å². The summed E-state index contributed by atoms with van der Waals surface area (Å²) in [5.74, 6) is 0. The molecule has 0 amide bonds. The van der Waals surface area contributed by atoms with Crippen LogP contribution in [0.5, 0.6) is 0 Å². The Bertz CT molecular complexity index is 702. The highest BCUT2D eigenvalue weighted by Crippen LogP contribution is 2.23. The van der Waals surface area contributed by atoms with E-state index in [4.69, 9.17) is 0 Å². The predicted octanol–water partition coefficient (Wildman–Crippen LogP) is 3.69. The first-order chi connectivity index (χ1) is 10.2. The van der Waals surface area contributed by atoms with Crippen LogP contribution in [0.3, 0.4) is 0 Å². The monoisotopic (exact) mass is 298 g/mol. The van der Waals surface area contributed by atoms with Crippen molar-refractivity contribution in [3.63, 3.8) is 0 Å². The highest BCUT2D eigenvalue weighted by Gasteiger charge is 2.12. The molecular weight excluding hydrogens is 280 g/mol. The van der Waals surface area contributed by atoms with Gasteiger partial charge in [0.25, 0.3) is 0 Å². The van der Waals surface area contributed by atoms with E-state index in [2.05, 4.69) is 46.7 Å². The number of rotatable bonds is 5. The number of nitrogens with zero attached hydrogens (tertiary/aromatic N) is 2. The van der Waals surface area contributed by atoms with Crippen LogP contribution < -0.4 is 5.32 Å². The minimum Gasteiger partial charge on any atom is -0.304 e. The first kappa shape index (κ1) is 14.0. The molecule has 0 aliphatic heterocycles. The van der Waals surface area contributed by atoms with Crippen LogP contribution in [0, 0.1) is 6.92 Å². The molecule has 1 aromatic carbocycles. The Morgan fingerprint density at radius 3 is 2.67 bits per heavy atom. The fourth-order valence-electron chi connectivity index (χ4n) is 2.24. The Hall–Kier alpha value is -1.98. The fraction of sp³-hybridized carbons (Fsp3) is 0.250. The smallest absolute Gasteiger partial charge is 0.117 e. The summed E-state index contributed by atoms with van der Waals surface area (Å²) >= 11 is 1.83. The highest BCUT2D eigenvalue weighted by atomic mass is 32.1. The van der Waals surface area contributed by atoms with Gasteiger partial charge in [-0.1, -0.05) is 30.3 Å². The molecule has 0 saturated carbocycles. The molecule has 0 saturated heterocycles. The molecule has 2 aromatic heterocycles. The van der Waals surface area contributed by atoms with Crippen molar-refractivity contribution < 1.29 is 0 Å². The molecule has 0 aliphatic carbocycles. The SMILES string of the molecule is Cc1ccc(C(C)NCc2n[nH]nc2-c2ccccc2)s1. The minimum atomic E-state index is 0.309. The number of aromatic nitrogens is 3. The molecule has 0 fully saturated rings. The summed E-state index contributed by atoms with van der Waals surface area (Å²) < 4.78 is 0. The van der Waals surface area contributed by atoms with Crippen molar-refractivity contribution in [3.8, 4) is 11.3 Å². The molecule has 1 atom stereocenters. The van der Waals surface area contributed by atoms with Gasteiger partial charge < -0.3 is 5.32 Å². The molecule has 108 valence electrons. The van der Waals surface area contributed by atoms with Crippen molar-refractivity contribution in [1.29, 1.82) is 0 Å². The van der Waals surface area contributed by atoms with Crippen LogP contribution in [-0.2, 0) is 6.54 Å². The number of hydrogen-bond acceptors (Lipinski definition) is 4. The van der Waals surface area contributed by atoms with Crippen molar-refractivity contribution >= 4 is 11.3 Å². The first-order valence-corrected chi connectivity index (χ1v) is 7.80. The maximum atomic E-state index is 4.27. The maximum absolute atomic E-state index is 4.27. The van der Waals surface area contributed by atoms with E-state index < -0.39 is 0 Å². The quantitative estimate of drug-likeness (QED) is 0.755. The number of benzene rings is 1. The minimum absolute atomic E-state index is 0.309. The van der Waals surface area contributed by atoms with E-state index in [1.807, 2.05) is 41.7 Å². The second kappa shape index (κ2) is 6.20. The molecule has 0 radical (unpaired) electrons. The van der Waals surface area contributed by atoms with E-state index >= 15 is 0 Å². The second-order valence-corrected chi connectivity index (χ2v) is 6.36. The zero-order valence-electron chi connectivity index (χ0n) is 12.1. The average molecular weight is 298 g/mol. The Kier molecular flexibility index (Phi) is 4.13. The molecule has 2 N–H and O–H groups in total. The van der Waals surface area contributed by atoms with Gasteiger partial charge in [-0.25, -0.2) is 0 Å². The Morgan fingerprint density at radius 1 is 1.14 bits per heavy atom. The van der Waals surface area contributed by atoms with Crippen molar-refractivity contribution in [3.05, 3.63) is 57.9 Å². The van der Waals surface area contributed by atoms with Gasteiger partial charge in [-0.2, -0.15) is 15.4 Å². The van der Waals surface area contributed by atoms with Gasteiger partial charge in [0.15, 0.2) is 0 Å². The van der Waals surface area contributed by atoms with Crippen LogP contribution in [0.2, 0.25) is 0 Å². The van der Waals surface area contributed by atoms with Gasteiger partial charge in [0.1, 0.15) is 11.4 Å². The van der Waals surface area contributed by atoms with E-state index in [0.29, 0.717) is 12.6 Å². The average Bonchev–Trinajstić information content (AvgIpc) is 3.14. The van der Waals surface area contributed by atoms with Crippen LogP contribution in [0.15, 0.2) is 42.5 Å². The van der Waals surface area contributed by atoms with Gasteiger partial charge in [-0.15, -0.1) is 11.3 Å². The lowest BCUT2D eigenvalue weighted by atomic mass is 10.1. The maximum Gasteiger partial charge on any atom is 0.117 e. The molecule has 2 heterocycles. The van der Waals surface area contributed by atoms with Crippen LogP contribution in [0.4, 0.5) is 0 Å². The lowest BCUT2D eigenvalue weighted by Gasteiger charge is -2.11. The number of thiophene rings is 1. The summed E-state index contributed by atoms with van der Waals surface area (Å²) in [4.78, 5) is 2.68. The molecule has 5 heteroatoms. The van der Waals surface area contributed by atoms with Crippen LogP contribution in [-0.4, -0.2) is 15.4 Å². The third kappa shape index (κ3) is 3.20. The van der Waals surface area contributed by atoms with Gasteiger partial charge in [0, 0.05) is 27.9 Å². The zero-order valence-corrected chi connectivity index (χ0v) is 12.9. The normalized spacial score (nSPS) is 12.5. The molecule has 3 aromatic rings. The van der Waals surface area contributed by atoms with Crippen LogP contribution in [0.25, 0.3) is 11.3 Å². The summed E-state index contributed by atoms with van der Waals surface area (Å²) in [7, 11) is 0. The summed E-state index contributed by atoms with van der Waals surface area (Å²) in [6.45, 7) is 5.00. The topological polar surface area (TPSA) is 53.6 Å². The standard InChI is InChI=1S/C16H18N4S/c1-11-8-9-15(21-11)12(2)17-10-14-16(19-20-18-14)13-6-4-3-5-7-13/h3-9,12,17H,10H2,1-2H3,(H,18,19,20). The molecule has 4 nitrogen and oxygen atoms in total. The lowest BCUT2D eigenvalue weighted by Crippen LogP contribution is -2.17. The third-order valence-electron chi connectivity index (χ3n) is 3.43. The zero-order chi connectivity index (χ0) is 14.7. The molecule has 1 unspecified atom stereocenters. The van der Waals surface area contributed by atoms with Gasteiger partial charge in [-0.05, 0) is 26.0 Å². The Morgan fingerprint density at radius 2 is 1.95 bits per heavy atom.